The van der Waals surface area contributed by atoms with Crippen molar-refractivity contribution in [3.63, 3.8) is 0 Å². The second kappa shape index (κ2) is 7.36. The molecule has 2 heteroatoms. The van der Waals surface area contributed by atoms with E-state index >= 15 is 0 Å². The smallest absolute Gasteiger partial charge is 0.309 e. The van der Waals surface area contributed by atoms with Gasteiger partial charge in [0.05, 0.1) is 5.92 Å². The van der Waals surface area contributed by atoms with Gasteiger partial charge in [0.1, 0.15) is 5.60 Å². The summed E-state index contributed by atoms with van der Waals surface area (Å²) in [5, 5.41) is 0. The first-order valence-corrected chi connectivity index (χ1v) is 9.64. The summed E-state index contributed by atoms with van der Waals surface area (Å²) in [6.45, 7) is 10.8. The van der Waals surface area contributed by atoms with Crippen LogP contribution in [0.2, 0.25) is 0 Å². The molecule has 0 amide bonds. The fourth-order valence-corrected chi connectivity index (χ4v) is 4.86. The average molecular weight is 309 g/mol. The minimum atomic E-state index is -0.256. The zero-order chi connectivity index (χ0) is 16.3. The maximum atomic E-state index is 12.4. The number of carbonyl (C=O) groups is 1. The van der Waals surface area contributed by atoms with Crippen molar-refractivity contribution in [1.29, 1.82) is 0 Å². The lowest BCUT2D eigenvalue weighted by molar-refractivity contribution is -0.171. The zero-order valence-corrected chi connectivity index (χ0v) is 15.4. The normalized spacial score (nSPS) is 36.0. The fraction of sp³-hybridized carbons (Fsp3) is 0.950. The number of hydrogen-bond donors (Lipinski definition) is 0. The van der Waals surface area contributed by atoms with Crippen LogP contribution in [0.4, 0.5) is 0 Å². The Labute approximate surface area is 137 Å². The van der Waals surface area contributed by atoms with Crippen LogP contribution in [0.3, 0.4) is 0 Å². The molecule has 128 valence electrons. The second-order valence-electron chi connectivity index (χ2n) is 8.28. The van der Waals surface area contributed by atoms with Crippen LogP contribution in [-0.2, 0) is 9.53 Å². The Balaban J connectivity index is 2.09. The van der Waals surface area contributed by atoms with Gasteiger partial charge in [-0.05, 0) is 63.2 Å². The van der Waals surface area contributed by atoms with Crippen molar-refractivity contribution in [3.05, 3.63) is 0 Å². The van der Waals surface area contributed by atoms with Crippen LogP contribution >= 0.6 is 0 Å². The van der Waals surface area contributed by atoms with Crippen molar-refractivity contribution in [2.45, 2.75) is 91.6 Å². The lowest BCUT2D eigenvalue weighted by atomic mass is 9.73. The van der Waals surface area contributed by atoms with Gasteiger partial charge in [-0.1, -0.05) is 40.5 Å². The molecule has 6 atom stereocenters. The number of ether oxygens (including phenoxy) is 1. The Kier molecular flexibility index (Phi) is 5.96. The summed E-state index contributed by atoms with van der Waals surface area (Å²) in [5.41, 5.74) is -0.256. The van der Waals surface area contributed by atoms with Crippen LogP contribution < -0.4 is 0 Å². The zero-order valence-electron chi connectivity index (χ0n) is 15.4. The Morgan fingerprint density at radius 3 is 2.50 bits per heavy atom. The van der Waals surface area contributed by atoms with Crippen molar-refractivity contribution in [2.24, 2.45) is 29.6 Å². The van der Waals surface area contributed by atoms with E-state index in [0.29, 0.717) is 5.92 Å². The standard InChI is InChI=1S/C20H36O2/c1-6-15(4)19(21)22-20(5,7-2)18-10-8-9-17(18)16-12-11-14(3)13-16/h14-18H,6-13H2,1-5H3. The molecule has 2 rings (SSSR count). The maximum absolute atomic E-state index is 12.4. The summed E-state index contributed by atoms with van der Waals surface area (Å²) in [6.07, 6.45) is 9.89. The molecule has 0 spiro atoms. The van der Waals surface area contributed by atoms with Gasteiger partial charge in [-0.15, -0.1) is 0 Å². The first kappa shape index (κ1) is 17.8. The van der Waals surface area contributed by atoms with E-state index in [4.69, 9.17) is 4.74 Å². The third-order valence-electron chi connectivity index (χ3n) is 6.75. The first-order chi connectivity index (χ1) is 10.4. The highest BCUT2D eigenvalue weighted by atomic mass is 16.6. The van der Waals surface area contributed by atoms with Crippen molar-refractivity contribution in [1.82, 2.24) is 0 Å². The molecule has 0 radical (unpaired) electrons. The topological polar surface area (TPSA) is 26.3 Å². The van der Waals surface area contributed by atoms with Gasteiger partial charge in [0.15, 0.2) is 0 Å². The molecule has 2 aliphatic carbocycles. The predicted octanol–water partition coefficient (Wildman–Crippen LogP) is 5.60. The summed E-state index contributed by atoms with van der Waals surface area (Å²) in [6, 6.07) is 0. The first-order valence-electron chi connectivity index (χ1n) is 9.64. The molecule has 0 aliphatic heterocycles. The summed E-state index contributed by atoms with van der Waals surface area (Å²) in [4.78, 5) is 12.4. The summed E-state index contributed by atoms with van der Waals surface area (Å²) in [5.74, 6) is 3.15. The van der Waals surface area contributed by atoms with Crippen LogP contribution in [0.15, 0.2) is 0 Å². The molecule has 0 N–H and O–H groups in total. The Hall–Kier alpha value is -0.530. The molecular weight excluding hydrogens is 272 g/mol. The van der Waals surface area contributed by atoms with Crippen LogP contribution in [0.25, 0.3) is 0 Å². The number of carbonyl (C=O) groups excluding carboxylic acids is 1. The van der Waals surface area contributed by atoms with Crippen LogP contribution in [-0.4, -0.2) is 11.6 Å². The second-order valence-corrected chi connectivity index (χ2v) is 8.28. The number of esters is 1. The summed E-state index contributed by atoms with van der Waals surface area (Å²) < 4.78 is 6.10. The van der Waals surface area contributed by atoms with Crippen molar-refractivity contribution in [3.8, 4) is 0 Å². The Morgan fingerprint density at radius 2 is 1.95 bits per heavy atom. The average Bonchev–Trinajstić information content (AvgIpc) is 3.14. The van der Waals surface area contributed by atoms with Gasteiger partial charge >= 0.3 is 5.97 Å². The van der Waals surface area contributed by atoms with Gasteiger partial charge in [0.2, 0.25) is 0 Å². The summed E-state index contributed by atoms with van der Waals surface area (Å²) >= 11 is 0. The van der Waals surface area contributed by atoms with E-state index in [-0.39, 0.29) is 17.5 Å². The third-order valence-corrected chi connectivity index (χ3v) is 6.75. The van der Waals surface area contributed by atoms with Crippen molar-refractivity contribution >= 4 is 5.97 Å². The molecule has 0 aromatic rings. The molecule has 2 nitrogen and oxygen atoms in total. The Bertz CT molecular complexity index is 378. The van der Waals surface area contributed by atoms with E-state index < -0.39 is 0 Å². The molecule has 0 saturated heterocycles. The molecule has 2 fully saturated rings. The van der Waals surface area contributed by atoms with E-state index in [1.807, 2.05) is 6.92 Å². The number of rotatable bonds is 6. The van der Waals surface area contributed by atoms with Gasteiger partial charge in [0, 0.05) is 5.92 Å². The third kappa shape index (κ3) is 3.68. The van der Waals surface area contributed by atoms with E-state index in [1.165, 1.54) is 38.5 Å². The summed E-state index contributed by atoms with van der Waals surface area (Å²) in [7, 11) is 0. The highest BCUT2D eigenvalue weighted by molar-refractivity contribution is 5.72. The van der Waals surface area contributed by atoms with Gasteiger partial charge in [-0.2, -0.15) is 0 Å². The SMILES string of the molecule is CCC(C)C(=O)OC(C)(CC)C1CCCC1C1CCC(C)C1. The van der Waals surface area contributed by atoms with Crippen LogP contribution in [0.1, 0.15) is 86.0 Å². The lowest BCUT2D eigenvalue weighted by Crippen LogP contribution is -2.43. The predicted molar refractivity (Wildman–Crippen MR) is 91.6 cm³/mol. The van der Waals surface area contributed by atoms with Gasteiger partial charge in [-0.25, -0.2) is 0 Å². The highest BCUT2D eigenvalue weighted by Gasteiger charge is 2.47. The molecule has 22 heavy (non-hydrogen) atoms. The molecular formula is C20H36O2. The molecule has 2 saturated carbocycles. The largest absolute Gasteiger partial charge is 0.459 e. The van der Waals surface area contributed by atoms with E-state index in [0.717, 1.165) is 30.6 Å². The Morgan fingerprint density at radius 1 is 1.23 bits per heavy atom. The molecule has 0 bridgehead atoms. The van der Waals surface area contributed by atoms with Crippen molar-refractivity contribution < 1.29 is 9.53 Å². The van der Waals surface area contributed by atoms with Crippen LogP contribution in [0, 0.1) is 29.6 Å². The van der Waals surface area contributed by atoms with E-state index in [2.05, 4.69) is 27.7 Å². The number of hydrogen-bond acceptors (Lipinski definition) is 2. The minimum Gasteiger partial charge on any atom is -0.459 e. The van der Waals surface area contributed by atoms with Crippen LogP contribution in [0.5, 0.6) is 0 Å². The van der Waals surface area contributed by atoms with E-state index in [9.17, 15) is 4.79 Å². The van der Waals surface area contributed by atoms with Gasteiger partial charge in [0.25, 0.3) is 0 Å². The molecule has 0 aromatic carbocycles. The maximum Gasteiger partial charge on any atom is 0.309 e. The lowest BCUT2D eigenvalue weighted by Gasteiger charge is -2.40. The molecule has 2 aliphatic rings. The minimum absolute atomic E-state index is 0.0114. The quantitative estimate of drug-likeness (QED) is 0.597. The highest BCUT2D eigenvalue weighted by Crippen LogP contribution is 2.50. The molecule has 0 aromatic heterocycles. The van der Waals surface area contributed by atoms with Crippen molar-refractivity contribution in [2.75, 3.05) is 0 Å². The molecule has 6 unspecified atom stereocenters. The van der Waals surface area contributed by atoms with E-state index in [1.54, 1.807) is 0 Å². The monoisotopic (exact) mass is 308 g/mol. The van der Waals surface area contributed by atoms with Gasteiger partial charge < -0.3 is 4.74 Å². The fourth-order valence-electron chi connectivity index (χ4n) is 4.86. The van der Waals surface area contributed by atoms with Gasteiger partial charge in [-0.3, -0.25) is 4.79 Å². The molecule has 0 heterocycles.